The second-order valence-electron chi connectivity index (χ2n) is 4.97. The van der Waals surface area contributed by atoms with Gasteiger partial charge in [-0.05, 0) is 51.0 Å². The van der Waals surface area contributed by atoms with Crippen LogP contribution < -0.4 is 10.2 Å². The van der Waals surface area contributed by atoms with E-state index in [4.69, 9.17) is 0 Å². The molecule has 0 saturated carbocycles. The standard InChI is InChI=1S/C16H26N2O/c1-6-12(4)16(19)17-15-10-9-14(11-13(15)5)18(7-2)8-3/h9-12H,6-8H2,1-5H3,(H,17,19)/t12-/m0/s1. The molecule has 3 nitrogen and oxygen atoms in total. The highest BCUT2D eigenvalue weighted by molar-refractivity contribution is 5.93. The number of nitrogens with one attached hydrogen (secondary N) is 1. The lowest BCUT2D eigenvalue weighted by Gasteiger charge is -2.22. The summed E-state index contributed by atoms with van der Waals surface area (Å²) in [5, 5.41) is 3.01. The largest absolute Gasteiger partial charge is 0.372 e. The Hall–Kier alpha value is -1.51. The van der Waals surface area contributed by atoms with Gasteiger partial charge in [0.1, 0.15) is 0 Å². The summed E-state index contributed by atoms with van der Waals surface area (Å²) in [6.45, 7) is 12.3. The maximum absolute atomic E-state index is 11.9. The van der Waals surface area contributed by atoms with Crippen LogP contribution in [-0.4, -0.2) is 19.0 Å². The van der Waals surface area contributed by atoms with Crippen LogP contribution in [0.1, 0.15) is 39.7 Å². The smallest absolute Gasteiger partial charge is 0.227 e. The lowest BCUT2D eigenvalue weighted by atomic mass is 10.1. The van der Waals surface area contributed by atoms with Crippen LogP contribution in [-0.2, 0) is 4.79 Å². The molecule has 1 aromatic carbocycles. The second kappa shape index (κ2) is 7.17. The van der Waals surface area contributed by atoms with E-state index in [1.165, 1.54) is 5.69 Å². The maximum Gasteiger partial charge on any atom is 0.227 e. The van der Waals surface area contributed by atoms with Crippen LogP contribution in [0.2, 0.25) is 0 Å². The minimum atomic E-state index is 0.0573. The van der Waals surface area contributed by atoms with Crippen LogP contribution in [0.15, 0.2) is 18.2 Å². The molecular formula is C16H26N2O. The normalized spacial score (nSPS) is 12.1. The van der Waals surface area contributed by atoms with Gasteiger partial charge >= 0.3 is 0 Å². The molecule has 0 spiro atoms. The number of carbonyl (C=O) groups is 1. The molecular weight excluding hydrogens is 236 g/mol. The van der Waals surface area contributed by atoms with Crippen molar-refractivity contribution in [1.29, 1.82) is 0 Å². The van der Waals surface area contributed by atoms with Crippen molar-refractivity contribution in [3.8, 4) is 0 Å². The highest BCUT2D eigenvalue weighted by Crippen LogP contribution is 2.23. The van der Waals surface area contributed by atoms with Crippen LogP contribution in [0.3, 0.4) is 0 Å². The van der Waals surface area contributed by atoms with Gasteiger partial charge in [0, 0.05) is 30.4 Å². The molecule has 0 fully saturated rings. The van der Waals surface area contributed by atoms with Crippen LogP contribution in [0.5, 0.6) is 0 Å². The van der Waals surface area contributed by atoms with Gasteiger partial charge in [-0.15, -0.1) is 0 Å². The minimum Gasteiger partial charge on any atom is -0.372 e. The number of rotatable bonds is 6. The first-order valence-electron chi connectivity index (χ1n) is 7.19. The van der Waals surface area contributed by atoms with E-state index in [0.717, 1.165) is 30.8 Å². The average Bonchev–Trinajstić information content (AvgIpc) is 2.42. The molecule has 1 atom stereocenters. The number of carbonyl (C=O) groups excluding carboxylic acids is 1. The molecule has 19 heavy (non-hydrogen) atoms. The molecule has 0 saturated heterocycles. The van der Waals surface area contributed by atoms with Gasteiger partial charge < -0.3 is 10.2 Å². The fourth-order valence-corrected chi connectivity index (χ4v) is 2.01. The Labute approximate surface area is 117 Å². The summed E-state index contributed by atoms with van der Waals surface area (Å²) in [4.78, 5) is 14.2. The van der Waals surface area contributed by atoms with Crippen LogP contribution in [0, 0.1) is 12.8 Å². The molecule has 0 heterocycles. The van der Waals surface area contributed by atoms with Crippen LogP contribution in [0.25, 0.3) is 0 Å². The molecule has 1 N–H and O–H groups in total. The Morgan fingerprint density at radius 2 is 1.89 bits per heavy atom. The monoisotopic (exact) mass is 262 g/mol. The van der Waals surface area contributed by atoms with E-state index in [9.17, 15) is 4.79 Å². The molecule has 0 radical (unpaired) electrons. The molecule has 0 unspecified atom stereocenters. The van der Waals surface area contributed by atoms with Crippen molar-refractivity contribution < 1.29 is 4.79 Å². The van der Waals surface area contributed by atoms with Crippen molar-refractivity contribution in [2.75, 3.05) is 23.3 Å². The topological polar surface area (TPSA) is 32.3 Å². The fourth-order valence-electron chi connectivity index (χ4n) is 2.01. The number of amides is 1. The Morgan fingerprint density at radius 1 is 1.26 bits per heavy atom. The molecule has 1 rings (SSSR count). The van der Waals surface area contributed by atoms with Crippen molar-refractivity contribution in [2.45, 2.75) is 41.0 Å². The summed E-state index contributed by atoms with van der Waals surface area (Å²) in [6.07, 6.45) is 0.864. The van der Waals surface area contributed by atoms with Gasteiger partial charge in [0.25, 0.3) is 0 Å². The van der Waals surface area contributed by atoms with Crippen LogP contribution in [0.4, 0.5) is 11.4 Å². The van der Waals surface area contributed by atoms with Gasteiger partial charge in [-0.1, -0.05) is 13.8 Å². The quantitative estimate of drug-likeness (QED) is 0.845. The molecule has 0 aliphatic heterocycles. The maximum atomic E-state index is 11.9. The molecule has 0 aromatic heterocycles. The zero-order chi connectivity index (χ0) is 14.4. The van der Waals surface area contributed by atoms with E-state index in [0.29, 0.717) is 0 Å². The summed E-state index contributed by atoms with van der Waals surface area (Å²) in [6, 6.07) is 6.22. The van der Waals surface area contributed by atoms with Gasteiger partial charge in [0.15, 0.2) is 0 Å². The molecule has 1 aromatic rings. The first-order valence-corrected chi connectivity index (χ1v) is 7.19. The fraction of sp³-hybridized carbons (Fsp3) is 0.562. The first-order chi connectivity index (χ1) is 9.03. The van der Waals surface area contributed by atoms with Crippen molar-refractivity contribution in [3.63, 3.8) is 0 Å². The number of benzene rings is 1. The predicted octanol–water partition coefficient (Wildman–Crippen LogP) is 3.83. The lowest BCUT2D eigenvalue weighted by molar-refractivity contribution is -0.119. The lowest BCUT2D eigenvalue weighted by Crippen LogP contribution is -2.22. The zero-order valence-corrected chi connectivity index (χ0v) is 12.8. The van der Waals surface area contributed by atoms with E-state index >= 15 is 0 Å². The Balaban J connectivity index is 2.86. The van der Waals surface area contributed by atoms with E-state index in [-0.39, 0.29) is 11.8 Å². The Bertz CT molecular complexity index is 425. The van der Waals surface area contributed by atoms with Gasteiger partial charge in [-0.3, -0.25) is 4.79 Å². The van der Waals surface area contributed by atoms with Crippen molar-refractivity contribution in [3.05, 3.63) is 23.8 Å². The van der Waals surface area contributed by atoms with E-state index in [2.05, 4.69) is 36.2 Å². The highest BCUT2D eigenvalue weighted by atomic mass is 16.1. The van der Waals surface area contributed by atoms with E-state index < -0.39 is 0 Å². The zero-order valence-electron chi connectivity index (χ0n) is 12.8. The average molecular weight is 262 g/mol. The van der Waals surface area contributed by atoms with Crippen LogP contribution >= 0.6 is 0 Å². The van der Waals surface area contributed by atoms with Gasteiger partial charge in [-0.25, -0.2) is 0 Å². The predicted molar refractivity (Wildman–Crippen MR) is 82.8 cm³/mol. The Kier molecular flexibility index (Phi) is 5.87. The second-order valence-corrected chi connectivity index (χ2v) is 4.97. The SMILES string of the molecule is CC[C@H](C)C(=O)Nc1ccc(N(CC)CC)cc1C. The van der Waals surface area contributed by atoms with E-state index in [1.54, 1.807) is 0 Å². The number of hydrogen-bond donors (Lipinski definition) is 1. The van der Waals surface area contributed by atoms with Gasteiger partial charge in [0.05, 0.1) is 0 Å². The van der Waals surface area contributed by atoms with Gasteiger partial charge in [-0.2, -0.15) is 0 Å². The number of hydrogen-bond acceptors (Lipinski definition) is 2. The third-order valence-electron chi connectivity index (χ3n) is 3.66. The Morgan fingerprint density at radius 3 is 2.37 bits per heavy atom. The third kappa shape index (κ3) is 3.98. The molecule has 0 aliphatic carbocycles. The third-order valence-corrected chi connectivity index (χ3v) is 3.66. The number of nitrogens with zero attached hydrogens (tertiary/aromatic N) is 1. The van der Waals surface area contributed by atoms with E-state index in [1.807, 2.05) is 26.8 Å². The molecule has 106 valence electrons. The summed E-state index contributed by atoms with van der Waals surface area (Å²) in [7, 11) is 0. The van der Waals surface area contributed by atoms with Crippen molar-refractivity contribution in [2.24, 2.45) is 5.92 Å². The first kappa shape index (κ1) is 15.5. The van der Waals surface area contributed by atoms with Gasteiger partial charge in [0.2, 0.25) is 5.91 Å². The number of anilines is 2. The van der Waals surface area contributed by atoms with Crippen molar-refractivity contribution in [1.82, 2.24) is 0 Å². The molecule has 0 aliphatic rings. The molecule has 0 bridgehead atoms. The highest BCUT2D eigenvalue weighted by Gasteiger charge is 2.12. The summed E-state index contributed by atoms with van der Waals surface area (Å²) < 4.78 is 0. The molecule has 1 amide bonds. The van der Waals surface area contributed by atoms with Crippen molar-refractivity contribution >= 4 is 17.3 Å². The summed E-state index contributed by atoms with van der Waals surface area (Å²) >= 11 is 0. The minimum absolute atomic E-state index is 0.0573. The molecule has 3 heteroatoms. The number of aryl methyl sites for hydroxylation is 1. The summed E-state index contributed by atoms with van der Waals surface area (Å²) in [5.74, 6) is 0.156. The summed E-state index contributed by atoms with van der Waals surface area (Å²) in [5.41, 5.74) is 3.24.